The third kappa shape index (κ3) is 10300. The van der Waals surface area contributed by atoms with Gasteiger partial charge in [0, 0.05) is 0 Å². The van der Waals surface area contributed by atoms with Crippen LogP contribution in [0, 0.1) is 0 Å². The van der Waals surface area contributed by atoms with Crippen molar-refractivity contribution in [1.82, 2.24) is 0 Å². The molecule has 0 aromatic carbocycles. The van der Waals surface area contributed by atoms with Crippen molar-refractivity contribution in [3.05, 3.63) is 0 Å². The molecule has 0 spiro atoms. The summed E-state index contributed by atoms with van der Waals surface area (Å²) in [5, 5.41) is 0. The van der Waals surface area contributed by atoms with Gasteiger partial charge in [-0.3, -0.25) is 0 Å². The van der Waals surface area contributed by atoms with E-state index < -0.39 is 12.6 Å². The van der Waals surface area contributed by atoms with E-state index in [0.29, 0.717) is 0 Å². The molecule has 0 heterocycles. The molecule has 0 rings (SSSR count). The van der Waals surface area contributed by atoms with Gasteiger partial charge in [-0.05, 0) is 0 Å². The fraction of sp³-hybridized carbons (Fsp3) is 0. The van der Waals surface area contributed by atoms with Gasteiger partial charge in [0.2, 0.25) is 0 Å². The van der Waals surface area contributed by atoms with Crippen molar-refractivity contribution >= 4 is 0 Å². The Labute approximate surface area is 55.4 Å². The third-order valence-electron chi connectivity index (χ3n) is 0. The Morgan fingerprint density at radius 2 is 0.750 bits per heavy atom. The van der Waals surface area contributed by atoms with Crippen LogP contribution in [0.1, 0.15) is 0 Å². The Morgan fingerprint density at radius 3 is 0.750 bits per heavy atom. The van der Waals surface area contributed by atoms with Crippen molar-refractivity contribution in [2.24, 2.45) is 0 Å². The maximum atomic E-state index is 8.64. The molecule has 0 aromatic rings. The van der Waals surface area contributed by atoms with Gasteiger partial charge in [0.05, 0.1) is 0 Å². The molecule has 0 aliphatic rings. The van der Waals surface area contributed by atoms with Crippen LogP contribution < -0.4 is 0 Å². The van der Waals surface area contributed by atoms with Gasteiger partial charge in [0.25, 0.3) is 0 Å². The van der Waals surface area contributed by atoms with Crippen LogP contribution in [-0.4, -0.2) is 0 Å². The number of hydrogen-bond acceptors (Lipinski definition) is 6. The van der Waals surface area contributed by atoms with E-state index in [1.165, 1.54) is 0 Å². The molecule has 6 nitrogen and oxygen atoms in total. The van der Waals surface area contributed by atoms with Crippen LogP contribution in [-0.2, 0) is 55.3 Å². The van der Waals surface area contributed by atoms with Gasteiger partial charge in [-0.1, -0.05) is 0 Å². The molecule has 8 heavy (non-hydrogen) atoms. The van der Waals surface area contributed by atoms with Gasteiger partial charge < -0.3 is 0 Å². The first-order chi connectivity index (χ1) is 3.24. The molecule has 0 saturated carbocycles. The van der Waals surface area contributed by atoms with E-state index in [1.54, 1.807) is 21.0 Å². The van der Waals surface area contributed by atoms with Gasteiger partial charge in [0.1, 0.15) is 0 Å². The summed E-state index contributed by atoms with van der Waals surface area (Å²) < 4.78 is 51.2. The molecule has 0 bridgehead atoms. The van der Waals surface area contributed by atoms with E-state index in [1.807, 2.05) is 0 Å². The third-order valence-corrected chi connectivity index (χ3v) is 0. The zero-order valence-corrected chi connectivity index (χ0v) is 6.08. The molecular weight excluding hydrogens is 255 g/mol. The minimum absolute atomic E-state index is 1.70. The molecule has 52 valence electrons. The zero-order chi connectivity index (χ0) is 7.45. The minimum atomic E-state index is -7.74. The molecule has 0 amide bonds. The first-order valence-electron chi connectivity index (χ1n) is 1.04. The fourth-order valence-corrected chi connectivity index (χ4v) is 0. The molecule has 0 atom stereocenters. The van der Waals surface area contributed by atoms with Crippen LogP contribution in [0.3, 0.4) is 0 Å². The van der Waals surface area contributed by atoms with Crippen molar-refractivity contribution in [3.63, 3.8) is 0 Å². The average molecular weight is 255 g/mol. The topological polar surface area (TPSA) is 102 Å². The molecule has 0 unspecified atom stereocenters. The molecule has 0 saturated heterocycles. The zero-order valence-electron chi connectivity index (χ0n) is 3.20. The van der Waals surface area contributed by atoms with Crippen LogP contribution in [0.4, 0.5) is 0 Å². The summed E-state index contributed by atoms with van der Waals surface area (Å²) >= 11 is -6.04. The van der Waals surface area contributed by atoms with Crippen molar-refractivity contribution in [2.45, 2.75) is 0 Å². The second kappa shape index (κ2) is 2.61. The summed E-state index contributed by atoms with van der Waals surface area (Å²) in [6.45, 7) is 0. The second-order valence-corrected chi connectivity index (χ2v) is 3.07. The normalized spacial score (nSPS) is 8.25. The molecule has 0 aliphatic carbocycles. The first-order valence-corrected chi connectivity index (χ1v) is 4.49. The average Bonchev–Trinajstić information content (AvgIpc) is 1.33. The van der Waals surface area contributed by atoms with Crippen LogP contribution in [0.5, 0.6) is 0 Å². The predicted molar refractivity (Wildman–Crippen MR) is 4.12 cm³/mol. The number of rotatable bonds is 0. The van der Waals surface area contributed by atoms with Gasteiger partial charge in [-0.25, -0.2) is 0 Å². The summed E-state index contributed by atoms with van der Waals surface area (Å²) in [5.74, 6) is 0. The molecule has 0 N–H and O–H groups in total. The number of hydrogen-bond donors (Lipinski definition) is 0. The van der Waals surface area contributed by atoms with Crippen LogP contribution in [0.15, 0.2) is 0 Å². The summed E-state index contributed by atoms with van der Waals surface area (Å²) in [4.78, 5) is 0. The standard InChI is InChI=1S/Ag.6O.V. The summed E-state index contributed by atoms with van der Waals surface area (Å²) in [5.41, 5.74) is 0. The monoisotopic (exact) mass is 254 g/mol. The Morgan fingerprint density at radius 1 is 0.750 bits per heavy atom. The molecule has 0 radical (unpaired) electrons. The van der Waals surface area contributed by atoms with E-state index in [0.717, 1.165) is 0 Å². The van der Waals surface area contributed by atoms with Crippen LogP contribution >= 0.6 is 0 Å². The van der Waals surface area contributed by atoms with E-state index in [4.69, 9.17) is 21.6 Å². The fourth-order valence-electron chi connectivity index (χ4n) is 0. The van der Waals surface area contributed by atoms with E-state index >= 15 is 0 Å². The van der Waals surface area contributed by atoms with Gasteiger partial charge >= 0.3 is 55.3 Å². The molecule has 8 heteroatoms. The van der Waals surface area contributed by atoms with Gasteiger partial charge in [0.15, 0.2) is 0 Å². The Hall–Kier alpha value is 0.125. The molecular formula is AgO6V. The first kappa shape index (κ1) is 11.0. The summed E-state index contributed by atoms with van der Waals surface area (Å²) in [6.07, 6.45) is 0. The van der Waals surface area contributed by atoms with E-state index in [-0.39, 0.29) is 0 Å². The van der Waals surface area contributed by atoms with E-state index in [2.05, 4.69) is 0 Å². The molecule has 0 fully saturated rings. The van der Waals surface area contributed by atoms with Crippen molar-refractivity contribution in [2.75, 3.05) is 0 Å². The van der Waals surface area contributed by atoms with Gasteiger partial charge in [-0.15, -0.1) is 0 Å². The Kier molecular flexibility index (Phi) is 3.58. The van der Waals surface area contributed by atoms with Crippen LogP contribution in [0.25, 0.3) is 0 Å². The Balaban J connectivity index is 0. The van der Waals surface area contributed by atoms with E-state index in [9.17, 15) is 0 Å². The maximum absolute atomic E-state index is 8.64. The quantitative estimate of drug-likeness (QED) is 0.529. The van der Waals surface area contributed by atoms with Crippen LogP contribution in [0.2, 0.25) is 0 Å². The van der Waals surface area contributed by atoms with Crippen molar-refractivity contribution < 1.29 is 55.3 Å². The summed E-state index contributed by atoms with van der Waals surface area (Å²) in [7, 11) is 0. The molecule has 0 aliphatic heterocycles. The van der Waals surface area contributed by atoms with Crippen molar-refractivity contribution in [3.8, 4) is 0 Å². The Bertz CT molecular complexity index is 292. The summed E-state index contributed by atoms with van der Waals surface area (Å²) in [6, 6.07) is 0. The SMILES string of the molecule is [O]=[Ag].[O]=[V](=[O])(=[O])(=[O])=[O]. The van der Waals surface area contributed by atoms with Gasteiger partial charge in [-0.2, -0.15) is 0 Å². The predicted octanol–water partition coefficient (Wildman–Crippen LogP) is -0.718. The van der Waals surface area contributed by atoms with Crippen molar-refractivity contribution in [1.29, 1.82) is 0 Å². The second-order valence-electron chi connectivity index (χ2n) is 0.745. The molecule has 0 aromatic heterocycles.